The molecule has 0 aliphatic carbocycles. The Labute approximate surface area is 251 Å². The number of halogens is 1. The van der Waals surface area contributed by atoms with E-state index in [-0.39, 0.29) is 11.8 Å². The summed E-state index contributed by atoms with van der Waals surface area (Å²) in [5, 5.41) is 3.46. The molecule has 0 atom stereocenters. The maximum atomic E-state index is 13.0. The molecule has 0 aromatic heterocycles. The Bertz CT molecular complexity index is 1490. The van der Waals surface area contributed by atoms with Crippen molar-refractivity contribution < 1.29 is 19.1 Å². The van der Waals surface area contributed by atoms with E-state index < -0.39 is 0 Å². The van der Waals surface area contributed by atoms with Crippen LogP contribution in [0.1, 0.15) is 39.6 Å². The number of anilines is 2. The lowest BCUT2D eigenvalue weighted by atomic mass is 10.1. The average molecular weight is 584 g/mol. The number of carbonyl (C=O) groups excluding carboxylic acids is 2. The number of rotatable bonds is 10. The van der Waals surface area contributed by atoms with Crippen molar-refractivity contribution in [3.05, 3.63) is 119 Å². The summed E-state index contributed by atoms with van der Waals surface area (Å²) in [5.74, 6) is 1.25. The highest BCUT2D eigenvalue weighted by atomic mass is 35.5. The molecule has 0 bridgehead atoms. The number of carbonyl (C=O) groups is 2. The van der Waals surface area contributed by atoms with E-state index in [1.54, 1.807) is 30.3 Å². The Morgan fingerprint density at radius 1 is 0.786 bits per heavy atom. The molecule has 1 aliphatic heterocycles. The maximum absolute atomic E-state index is 13.0. The Balaban J connectivity index is 1.12. The van der Waals surface area contributed by atoms with Crippen LogP contribution < -0.4 is 19.7 Å². The van der Waals surface area contributed by atoms with Crippen molar-refractivity contribution in [3.63, 3.8) is 0 Å². The van der Waals surface area contributed by atoms with Gasteiger partial charge in [0.05, 0.1) is 17.3 Å². The molecule has 2 amide bonds. The maximum Gasteiger partial charge on any atom is 0.255 e. The lowest BCUT2D eigenvalue weighted by Gasteiger charge is -2.36. The minimum absolute atomic E-state index is 0.0108. The second-order valence-electron chi connectivity index (χ2n) is 10.1. The van der Waals surface area contributed by atoms with Crippen LogP contribution in [0.2, 0.25) is 5.02 Å². The van der Waals surface area contributed by atoms with Crippen LogP contribution in [0, 0.1) is 0 Å². The molecule has 8 heteroatoms. The van der Waals surface area contributed by atoms with E-state index in [2.05, 4.69) is 17.1 Å². The fraction of sp³-hybridized carbons (Fsp3) is 0.235. The summed E-state index contributed by atoms with van der Waals surface area (Å²) in [6.07, 6.45) is 0.938. The van der Waals surface area contributed by atoms with Gasteiger partial charge in [0.2, 0.25) is 0 Å². The third kappa shape index (κ3) is 7.42. The van der Waals surface area contributed by atoms with Crippen LogP contribution in [0.4, 0.5) is 11.4 Å². The van der Waals surface area contributed by atoms with Crippen LogP contribution in [-0.4, -0.2) is 49.5 Å². The van der Waals surface area contributed by atoms with Gasteiger partial charge >= 0.3 is 0 Å². The molecule has 0 unspecified atom stereocenters. The van der Waals surface area contributed by atoms with Crippen molar-refractivity contribution in [2.24, 2.45) is 0 Å². The van der Waals surface area contributed by atoms with Crippen molar-refractivity contribution in [3.8, 4) is 11.5 Å². The number of piperazine rings is 1. The Kier molecular flexibility index (Phi) is 9.62. The molecule has 7 nitrogen and oxygen atoms in total. The van der Waals surface area contributed by atoms with E-state index >= 15 is 0 Å². The molecule has 1 heterocycles. The fourth-order valence-corrected chi connectivity index (χ4v) is 5.03. The third-order valence-electron chi connectivity index (χ3n) is 7.05. The van der Waals surface area contributed by atoms with Gasteiger partial charge < -0.3 is 24.6 Å². The minimum Gasteiger partial charge on any atom is -0.494 e. The van der Waals surface area contributed by atoms with E-state index in [1.807, 2.05) is 71.6 Å². The SMILES string of the molecule is CCCOc1ccc(C(=O)N2CCN(c3ccc(NC(=O)c4ccc(OCc5ccccc5)cc4)cc3Cl)CC2)cc1. The van der Waals surface area contributed by atoms with Crippen LogP contribution >= 0.6 is 11.6 Å². The quantitative estimate of drug-likeness (QED) is 0.219. The first kappa shape index (κ1) is 29.0. The Morgan fingerprint density at radius 3 is 2.07 bits per heavy atom. The summed E-state index contributed by atoms with van der Waals surface area (Å²) in [6, 6.07) is 29.8. The van der Waals surface area contributed by atoms with Crippen LogP contribution in [-0.2, 0) is 6.61 Å². The van der Waals surface area contributed by atoms with Gasteiger partial charge in [-0.3, -0.25) is 9.59 Å². The van der Waals surface area contributed by atoms with Crippen LogP contribution in [0.5, 0.6) is 11.5 Å². The smallest absolute Gasteiger partial charge is 0.255 e. The monoisotopic (exact) mass is 583 g/mol. The first-order valence-corrected chi connectivity index (χ1v) is 14.5. The highest BCUT2D eigenvalue weighted by molar-refractivity contribution is 6.33. The molecule has 0 radical (unpaired) electrons. The molecule has 1 fully saturated rings. The van der Waals surface area contributed by atoms with Crippen molar-refractivity contribution >= 4 is 34.8 Å². The number of hydrogen-bond donors (Lipinski definition) is 1. The number of ether oxygens (including phenoxy) is 2. The molecule has 0 saturated carbocycles. The van der Waals surface area contributed by atoms with Crippen molar-refractivity contribution in [1.29, 1.82) is 0 Å². The zero-order valence-electron chi connectivity index (χ0n) is 23.6. The minimum atomic E-state index is -0.231. The zero-order chi connectivity index (χ0) is 29.3. The normalized spacial score (nSPS) is 13.0. The van der Waals surface area contributed by atoms with Gasteiger partial charge in [0.15, 0.2) is 0 Å². The molecule has 1 aliphatic rings. The average Bonchev–Trinajstić information content (AvgIpc) is 3.03. The van der Waals surface area contributed by atoms with Crippen LogP contribution in [0.25, 0.3) is 0 Å². The summed E-state index contributed by atoms with van der Waals surface area (Å²) in [5.41, 5.74) is 3.73. The Hall–Kier alpha value is -4.49. The Morgan fingerprint density at radius 2 is 1.43 bits per heavy atom. The summed E-state index contributed by atoms with van der Waals surface area (Å²) >= 11 is 6.64. The van der Waals surface area contributed by atoms with Gasteiger partial charge in [-0.15, -0.1) is 0 Å². The zero-order valence-corrected chi connectivity index (χ0v) is 24.3. The largest absolute Gasteiger partial charge is 0.494 e. The molecule has 1 N–H and O–H groups in total. The molecule has 4 aromatic carbocycles. The van der Waals surface area contributed by atoms with Gasteiger partial charge in [0.1, 0.15) is 18.1 Å². The van der Waals surface area contributed by atoms with Gasteiger partial charge in [-0.05, 0) is 78.7 Å². The summed E-state index contributed by atoms with van der Waals surface area (Å²) in [6.45, 7) is 5.68. The summed E-state index contributed by atoms with van der Waals surface area (Å²) in [7, 11) is 0. The van der Waals surface area contributed by atoms with Crippen LogP contribution in [0.15, 0.2) is 97.1 Å². The van der Waals surface area contributed by atoms with Gasteiger partial charge in [0.25, 0.3) is 11.8 Å². The number of nitrogens with zero attached hydrogens (tertiary/aromatic N) is 2. The van der Waals surface area contributed by atoms with Crippen molar-refractivity contribution in [1.82, 2.24) is 4.90 Å². The fourth-order valence-electron chi connectivity index (χ4n) is 4.73. The molecule has 42 heavy (non-hydrogen) atoms. The van der Waals surface area contributed by atoms with E-state index in [1.165, 1.54) is 0 Å². The molecule has 5 rings (SSSR count). The molecule has 4 aromatic rings. The van der Waals surface area contributed by atoms with Gasteiger partial charge in [-0.2, -0.15) is 0 Å². The standard InChI is InChI=1S/C34H34ClN3O4/c1-2-22-41-29-15-10-27(11-16-29)34(40)38-20-18-37(19-21-38)32-17-12-28(23-31(32)35)36-33(39)26-8-13-30(14-9-26)42-24-25-6-4-3-5-7-25/h3-17,23H,2,18-22,24H2,1H3,(H,36,39). The van der Waals surface area contributed by atoms with E-state index in [9.17, 15) is 9.59 Å². The molecule has 0 spiro atoms. The second-order valence-corrected chi connectivity index (χ2v) is 10.5. The third-order valence-corrected chi connectivity index (χ3v) is 7.35. The van der Waals surface area contributed by atoms with Gasteiger partial charge in [0, 0.05) is 43.0 Å². The van der Waals surface area contributed by atoms with Crippen molar-refractivity contribution in [2.75, 3.05) is 43.0 Å². The number of benzene rings is 4. The molecular formula is C34H34ClN3O4. The lowest BCUT2D eigenvalue weighted by molar-refractivity contribution is 0.0746. The van der Waals surface area contributed by atoms with E-state index in [0.717, 1.165) is 23.4 Å². The summed E-state index contributed by atoms with van der Waals surface area (Å²) < 4.78 is 11.4. The first-order valence-electron chi connectivity index (χ1n) is 14.1. The van der Waals surface area contributed by atoms with E-state index in [4.69, 9.17) is 21.1 Å². The van der Waals surface area contributed by atoms with Crippen molar-refractivity contribution in [2.45, 2.75) is 20.0 Å². The highest BCUT2D eigenvalue weighted by Gasteiger charge is 2.23. The molecule has 1 saturated heterocycles. The number of nitrogens with one attached hydrogen (secondary N) is 1. The molecular weight excluding hydrogens is 550 g/mol. The van der Waals surface area contributed by atoms with Crippen LogP contribution in [0.3, 0.4) is 0 Å². The lowest BCUT2D eigenvalue weighted by Crippen LogP contribution is -2.48. The first-order chi connectivity index (χ1) is 20.5. The molecule has 216 valence electrons. The second kappa shape index (κ2) is 13.9. The highest BCUT2D eigenvalue weighted by Crippen LogP contribution is 2.30. The topological polar surface area (TPSA) is 71.1 Å². The number of hydrogen-bond acceptors (Lipinski definition) is 5. The van der Waals surface area contributed by atoms with Gasteiger partial charge in [-0.25, -0.2) is 0 Å². The predicted molar refractivity (Wildman–Crippen MR) is 167 cm³/mol. The van der Waals surface area contributed by atoms with E-state index in [0.29, 0.717) is 67.0 Å². The predicted octanol–water partition coefficient (Wildman–Crippen LogP) is 6.92. The van der Waals surface area contributed by atoms with Gasteiger partial charge in [-0.1, -0.05) is 48.9 Å². The summed E-state index contributed by atoms with van der Waals surface area (Å²) in [4.78, 5) is 29.9. The number of amides is 2.